The zero-order valence-electron chi connectivity index (χ0n) is 11.1. The lowest BCUT2D eigenvalue weighted by molar-refractivity contribution is 0.411. The summed E-state index contributed by atoms with van der Waals surface area (Å²) in [4.78, 5) is 0. The Morgan fingerprint density at radius 1 is 1.15 bits per heavy atom. The SMILES string of the molecule is COc1ccc(N)cc1CS(=O)Cc1ccccc1Cl. The zero-order valence-corrected chi connectivity index (χ0v) is 12.7. The number of benzene rings is 2. The summed E-state index contributed by atoms with van der Waals surface area (Å²) in [5.41, 5.74) is 8.12. The van der Waals surface area contributed by atoms with E-state index in [9.17, 15) is 4.21 Å². The summed E-state index contributed by atoms with van der Waals surface area (Å²) >= 11 is 6.08. The molecule has 0 bridgehead atoms. The number of rotatable bonds is 5. The van der Waals surface area contributed by atoms with Crippen molar-refractivity contribution in [2.24, 2.45) is 0 Å². The highest BCUT2D eigenvalue weighted by atomic mass is 35.5. The van der Waals surface area contributed by atoms with Gasteiger partial charge in [-0.2, -0.15) is 0 Å². The molecule has 0 saturated heterocycles. The second-order valence-corrected chi connectivity index (χ2v) is 6.26. The summed E-state index contributed by atoms with van der Waals surface area (Å²) in [5, 5.41) is 0.639. The van der Waals surface area contributed by atoms with Crippen molar-refractivity contribution in [3.05, 3.63) is 58.6 Å². The summed E-state index contributed by atoms with van der Waals surface area (Å²) in [6, 6.07) is 12.8. The van der Waals surface area contributed by atoms with E-state index in [2.05, 4.69) is 0 Å². The molecule has 0 heterocycles. The number of anilines is 1. The minimum Gasteiger partial charge on any atom is -0.496 e. The van der Waals surface area contributed by atoms with Gasteiger partial charge in [-0.3, -0.25) is 4.21 Å². The van der Waals surface area contributed by atoms with Crippen molar-refractivity contribution >= 4 is 28.1 Å². The number of halogens is 1. The van der Waals surface area contributed by atoms with Crippen LogP contribution in [0.15, 0.2) is 42.5 Å². The lowest BCUT2D eigenvalue weighted by Gasteiger charge is -2.10. The highest BCUT2D eigenvalue weighted by Gasteiger charge is 2.10. The fourth-order valence-electron chi connectivity index (χ4n) is 1.92. The average molecular weight is 310 g/mol. The molecule has 2 aromatic rings. The Labute approximate surface area is 126 Å². The molecule has 5 heteroatoms. The Balaban J connectivity index is 2.12. The number of hydrogen-bond acceptors (Lipinski definition) is 3. The summed E-state index contributed by atoms with van der Waals surface area (Å²) in [6.07, 6.45) is 0. The monoisotopic (exact) mass is 309 g/mol. The molecule has 1 atom stereocenters. The molecule has 0 saturated carbocycles. The van der Waals surface area contributed by atoms with E-state index < -0.39 is 10.8 Å². The fourth-order valence-corrected chi connectivity index (χ4v) is 3.48. The van der Waals surface area contributed by atoms with Crippen molar-refractivity contribution in [1.82, 2.24) is 0 Å². The highest BCUT2D eigenvalue weighted by molar-refractivity contribution is 7.83. The second kappa shape index (κ2) is 6.77. The molecule has 0 aliphatic rings. The van der Waals surface area contributed by atoms with Gasteiger partial charge in [0.1, 0.15) is 5.75 Å². The first kappa shape index (κ1) is 14.9. The van der Waals surface area contributed by atoms with E-state index in [1.54, 1.807) is 31.4 Å². The molecule has 0 amide bonds. The van der Waals surface area contributed by atoms with Crippen molar-refractivity contribution in [1.29, 1.82) is 0 Å². The van der Waals surface area contributed by atoms with Crippen LogP contribution < -0.4 is 10.5 Å². The Hall–Kier alpha value is -1.52. The van der Waals surface area contributed by atoms with E-state index in [1.807, 2.05) is 18.2 Å². The standard InChI is InChI=1S/C15H16ClNO2S/c1-19-15-7-6-13(17)8-12(15)10-20(18)9-11-4-2-3-5-14(11)16/h2-8H,9-10,17H2,1H3. The van der Waals surface area contributed by atoms with Crippen LogP contribution in [-0.4, -0.2) is 11.3 Å². The van der Waals surface area contributed by atoms with Gasteiger partial charge in [-0.15, -0.1) is 0 Å². The van der Waals surface area contributed by atoms with Crippen molar-refractivity contribution in [3.63, 3.8) is 0 Å². The third-order valence-corrected chi connectivity index (χ3v) is 4.53. The van der Waals surface area contributed by atoms with Crippen LogP contribution >= 0.6 is 11.6 Å². The number of methoxy groups -OCH3 is 1. The number of hydrogen-bond donors (Lipinski definition) is 1. The Kier molecular flexibility index (Phi) is 5.04. The molecule has 3 nitrogen and oxygen atoms in total. The molecule has 0 aliphatic heterocycles. The maximum Gasteiger partial charge on any atom is 0.123 e. The van der Waals surface area contributed by atoms with Gasteiger partial charge in [0.25, 0.3) is 0 Å². The predicted octanol–water partition coefficient (Wildman–Crippen LogP) is 3.38. The summed E-state index contributed by atoms with van der Waals surface area (Å²) < 4.78 is 17.5. The van der Waals surface area contributed by atoms with Gasteiger partial charge in [0, 0.05) is 27.1 Å². The maximum atomic E-state index is 12.3. The highest BCUT2D eigenvalue weighted by Crippen LogP contribution is 2.24. The Bertz CT molecular complexity index is 631. The second-order valence-electron chi connectivity index (χ2n) is 4.39. The molecule has 0 fully saturated rings. The fraction of sp³-hybridized carbons (Fsp3) is 0.200. The van der Waals surface area contributed by atoms with Gasteiger partial charge in [0.05, 0.1) is 18.6 Å². The first-order valence-electron chi connectivity index (χ1n) is 6.11. The van der Waals surface area contributed by atoms with Crippen LogP contribution in [0.2, 0.25) is 5.02 Å². The predicted molar refractivity (Wildman–Crippen MR) is 84.4 cm³/mol. The third kappa shape index (κ3) is 3.74. The molecule has 2 rings (SSSR count). The van der Waals surface area contributed by atoms with Gasteiger partial charge in [0.15, 0.2) is 0 Å². The lowest BCUT2D eigenvalue weighted by atomic mass is 10.2. The van der Waals surface area contributed by atoms with Gasteiger partial charge in [-0.1, -0.05) is 29.8 Å². The first-order chi connectivity index (χ1) is 9.60. The van der Waals surface area contributed by atoms with Crippen molar-refractivity contribution in [2.75, 3.05) is 12.8 Å². The quantitative estimate of drug-likeness (QED) is 0.861. The molecule has 2 N–H and O–H groups in total. The molecular weight excluding hydrogens is 294 g/mol. The molecule has 0 spiro atoms. The number of nitrogen functional groups attached to an aromatic ring is 1. The van der Waals surface area contributed by atoms with Crippen LogP contribution in [0.1, 0.15) is 11.1 Å². The van der Waals surface area contributed by atoms with Crippen LogP contribution in [0.25, 0.3) is 0 Å². The summed E-state index contributed by atoms with van der Waals surface area (Å²) in [7, 11) is 0.517. The molecule has 0 radical (unpaired) electrons. The van der Waals surface area contributed by atoms with E-state index in [4.69, 9.17) is 22.1 Å². The Morgan fingerprint density at radius 3 is 2.55 bits per heavy atom. The largest absolute Gasteiger partial charge is 0.496 e. The van der Waals surface area contributed by atoms with Crippen LogP contribution in [0.4, 0.5) is 5.69 Å². The summed E-state index contributed by atoms with van der Waals surface area (Å²) in [6.45, 7) is 0. The van der Waals surface area contributed by atoms with E-state index in [0.29, 0.717) is 28.0 Å². The molecule has 20 heavy (non-hydrogen) atoms. The molecule has 0 aliphatic carbocycles. The van der Waals surface area contributed by atoms with E-state index in [0.717, 1.165) is 11.1 Å². The molecular formula is C15H16ClNO2S. The lowest BCUT2D eigenvalue weighted by Crippen LogP contribution is -2.02. The van der Waals surface area contributed by atoms with Crippen molar-refractivity contribution in [2.45, 2.75) is 11.5 Å². The van der Waals surface area contributed by atoms with Crippen LogP contribution in [0.5, 0.6) is 5.75 Å². The van der Waals surface area contributed by atoms with E-state index in [1.165, 1.54) is 0 Å². The summed E-state index contributed by atoms with van der Waals surface area (Å²) in [5.74, 6) is 1.50. The van der Waals surface area contributed by atoms with Gasteiger partial charge < -0.3 is 10.5 Å². The average Bonchev–Trinajstić information content (AvgIpc) is 2.41. The van der Waals surface area contributed by atoms with E-state index >= 15 is 0 Å². The van der Waals surface area contributed by atoms with Gasteiger partial charge >= 0.3 is 0 Å². The van der Waals surface area contributed by atoms with Crippen LogP contribution in [-0.2, 0) is 22.3 Å². The topological polar surface area (TPSA) is 52.3 Å². The van der Waals surface area contributed by atoms with E-state index in [-0.39, 0.29) is 0 Å². The van der Waals surface area contributed by atoms with Gasteiger partial charge in [0.2, 0.25) is 0 Å². The minimum atomic E-state index is -1.07. The molecule has 0 aromatic heterocycles. The number of nitrogens with two attached hydrogens (primary N) is 1. The third-order valence-electron chi connectivity index (χ3n) is 2.90. The maximum absolute atomic E-state index is 12.3. The van der Waals surface area contributed by atoms with Crippen LogP contribution in [0.3, 0.4) is 0 Å². The minimum absolute atomic E-state index is 0.388. The van der Waals surface area contributed by atoms with Gasteiger partial charge in [-0.05, 0) is 29.8 Å². The van der Waals surface area contributed by atoms with Crippen molar-refractivity contribution in [3.8, 4) is 5.75 Å². The molecule has 1 unspecified atom stereocenters. The molecule has 106 valence electrons. The normalized spacial score (nSPS) is 12.1. The Morgan fingerprint density at radius 2 is 1.85 bits per heavy atom. The smallest absolute Gasteiger partial charge is 0.123 e. The number of ether oxygens (including phenoxy) is 1. The van der Waals surface area contributed by atoms with Gasteiger partial charge in [-0.25, -0.2) is 0 Å². The zero-order chi connectivity index (χ0) is 14.5. The molecule has 2 aromatic carbocycles. The first-order valence-corrected chi connectivity index (χ1v) is 7.97. The van der Waals surface area contributed by atoms with Crippen LogP contribution in [0, 0.1) is 0 Å². The van der Waals surface area contributed by atoms with Crippen molar-refractivity contribution < 1.29 is 8.95 Å².